The van der Waals surface area contributed by atoms with E-state index in [0.717, 1.165) is 18.5 Å². The van der Waals surface area contributed by atoms with E-state index in [0.29, 0.717) is 5.54 Å². The van der Waals surface area contributed by atoms with Gasteiger partial charge in [0.2, 0.25) is 0 Å². The van der Waals surface area contributed by atoms with Crippen molar-refractivity contribution in [1.29, 1.82) is 0 Å². The molecule has 0 aromatic heterocycles. The van der Waals surface area contributed by atoms with Crippen molar-refractivity contribution in [3.05, 3.63) is 0 Å². The summed E-state index contributed by atoms with van der Waals surface area (Å²) in [5.74, 6) is 1.000. The maximum Gasteiger partial charge on any atom is 0.0278 e. The molecule has 0 amide bonds. The average Bonchev–Trinajstić information content (AvgIpc) is 2.16. The molecular weight excluding hydrogens is 196 g/mol. The van der Waals surface area contributed by atoms with Crippen LogP contribution in [0.1, 0.15) is 52.9 Å². The summed E-state index contributed by atoms with van der Waals surface area (Å²) < 4.78 is 0. The zero-order valence-electron chi connectivity index (χ0n) is 11.3. The molecule has 0 radical (unpaired) electrons. The van der Waals surface area contributed by atoms with Crippen molar-refractivity contribution < 1.29 is 0 Å². The second-order valence-corrected chi connectivity index (χ2v) is 6.38. The molecule has 0 aromatic rings. The molecule has 94 valence electrons. The van der Waals surface area contributed by atoms with E-state index in [4.69, 9.17) is 0 Å². The Balaban J connectivity index is 1.88. The predicted octanol–water partition coefficient (Wildman–Crippen LogP) is 2.64. The molecule has 1 aliphatic heterocycles. The minimum atomic E-state index is 0.361. The minimum absolute atomic E-state index is 0.361. The quantitative estimate of drug-likeness (QED) is 0.790. The summed E-state index contributed by atoms with van der Waals surface area (Å²) >= 11 is 0. The minimum Gasteiger partial charge on any atom is -0.311 e. The van der Waals surface area contributed by atoms with Gasteiger partial charge in [-0.1, -0.05) is 19.8 Å². The third-order valence-electron chi connectivity index (χ3n) is 4.46. The summed E-state index contributed by atoms with van der Waals surface area (Å²) in [7, 11) is 0. The number of rotatable bonds is 4. The first kappa shape index (κ1) is 12.4. The molecule has 1 saturated carbocycles. The van der Waals surface area contributed by atoms with Gasteiger partial charge in [0.25, 0.3) is 0 Å². The normalized spacial score (nSPS) is 31.3. The van der Waals surface area contributed by atoms with E-state index in [1.54, 1.807) is 0 Å². The molecule has 1 unspecified atom stereocenters. The van der Waals surface area contributed by atoms with E-state index >= 15 is 0 Å². The summed E-state index contributed by atoms with van der Waals surface area (Å²) in [6.07, 6.45) is 7.04. The highest BCUT2D eigenvalue weighted by Crippen LogP contribution is 2.30. The van der Waals surface area contributed by atoms with Gasteiger partial charge in [0.1, 0.15) is 0 Å². The van der Waals surface area contributed by atoms with Gasteiger partial charge in [-0.25, -0.2) is 0 Å². The van der Waals surface area contributed by atoms with Gasteiger partial charge in [0, 0.05) is 31.2 Å². The lowest BCUT2D eigenvalue weighted by Gasteiger charge is -2.48. The zero-order valence-corrected chi connectivity index (χ0v) is 11.3. The Kier molecular flexibility index (Phi) is 3.91. The summed E-state index contributed by atoms with van der Waals surface area (Å²) in [6.45, 7) is 10.8. The van der Waals surface area contributed by atoms with Crippen molar-refractivity contribution in [3.8, 4) is 0 Å². The molecule has 1 saturated heterocycles. The second-order valence-electron chi connectivity index (χ2n) is 6.38. The van der Waals surface area contributed by atoms with Crippen LogP contribution in [0.3, 0.4) is 0 Å². The lowest BCUT2D eigenvalue weighted by molar-refractivity contribution is 0.0353. The average molecular weight is 224 g/mol. The number of hydrogen-bond donors (Lipinski definition) is 1. The van der Waals surface area contributed by atoms with Gasteiger partial charge in [-0.3, -0.25) is 4.90 Å². The molecule has 0 spiro atoms. The molecule has 1 heterocycles. The highest BCUT2D eigenvalue weighted by molar-refractivity contribution is 4.94. The van der Waals surface area contributed by atoms with Gasteiger partial charge < -0.3 is 5.32 Å². The fourth-order valence-corrected chi connectivity index (χ4v) is 2.93. The molecule has 0 bridgehead atoms. The summed E-state index contributed by atoms with van der Waals surface area (Å²) in [6, 6.07) is 0.734. The zero-order chi connectivity index (χ0) is 11.6. The summed E-state index contributed by atoms with van der Waals surface area (Å²) in [5.41, 5.74) is 0.361. The van der Waals surface area contributed by atoms with Gasteiger partial charge in [0.15, 0.2) is 0 Å². The lowest BCUT2D eigenvalue weighted by Crippen LogP contribution is -2.62. The van der Waals surface area contributed by atoms with E-state index in [9.17, 15) is 0 Å². The van der Waals surface area contributed by atoms with Crippen molar-refractivity contribution in [2.75, 3.05) is 19.6 Å². The monoisotopic (exact) mass is 224 g/mol. The second kappa shape index (κ2) is 5.05. The van der Waals surface area contributed by atoms with Crippen LogP contribution in [0.5, 0.6) is 0 Å². The Hall–Kier alpha value is -0.0800. The Labute approximate surface area is 101 Å². The molecule has 2 heteroatoms. The van der Waals surface area contributed by atoms with E-state index in [2.05, 4.69) is 31.0 Å². The van der Waals surface area contributed by atoms with Crippen LogP contribution in [0.2, 0.25) is 0 Å². The predicted molar refractivity (Wildman–Crippen MR) is 69.7 cm³/mol. The van der Waals surface area contributed by atoms with E-state index in [1.807, 2.05) is 0 Å². The molecule has 2 aliphatic rings. The standard InChI is InChI=1S/C14H28N2/c1-4-6-13-10-16(9-12-7-5-8-12)14(2,3)11-15-13/h12-13,15H,4-11H2,1-3H3. The highest BCUT2D eigenvalue weighted by atomic mass is 15.3. The molecule has 0 aromatic carbocycles. The third-order valence-corrected chi connectivity index (χ3v) is 4.46. The fraction of sp³-hybridized carbons (Fsp3) is 1.00. The Morgan fingerprint density at radius 2 is 2.06 bits per heavy atom. The fourth-order valence-electron chi connectivity index (χ4n) is 2.93. The molecule has 2 rings (SSSR count). The molecule has 2 nitrogen and oxygen atoms in total. The molecule has 2 fully saturated rings. The molecular formula is C14H28N2. The molecule has 1 aliphatic carbocycles. The first-order valence-electron chi connectivity index (χ1n) is 7.10. The highest BCUT2D eigenvalue weighted by Gasteiger charge is 2.35. The summed E-state index contributed by atoms with van der Waals surface area (Å²) in [5, 5.41) is 3.71. The van der Waals surface area contributed by atoms with Gasteiger partial charge in [0.05, 0.1) is 0 Å². The van der Waals surface area contributed by atoms with Gasteiger partial charge >= 0.3 is 0 Å². The smallest absolute Gasteiger partial charge is 0.0278 e. The topological polar surface area (TPSA) is 15.3 Å². The molecule has 1 atom stereocenters. The van der Waals surface area contributed by atoms with Crippen molar-refractivity contribution in [3.63, 3.8) is 0 Å². The van der Waals surface area contributed by atoms with Crippen LogP contribution >= 0.6 is 0 Å². The lowest BCUT2D eigenvalue weighted by atomic mass is 9.83. The number of hydrogen-bond acceptors (Lipinski definition) is 2. The first-order valence-corrected chi connectivity index (χ1v) is 7.10. The Morgan fingerprint density at radius 3 is 2.62 bits per heavy atom. The van der Waals surface area contributed by atoms with Crippen LogP contribution in [-0.4, -0.2) is 36.1 Å². The van der Waals surface area contributed by atoms with Crippen molar-refractivity contribution in [1.82, 2.24) is 10.2 Å². The summed E-state index contributed by atoms with van der Waals surface area (Å²) in [4.78, 5) is 2.74. The van der Waals surface area contributed by atoms with Crippen LogP contribution in [0.15, 0.2) is 0 Å². The van der Waals surface area contributed by atoms with Gasteiger partial charge in [-0.05, 0) is 39.0 Å². The van der Waals surface area contributed by atoms with Crippen LogP contribution in [0.4, 0.5) is 0 Å². The number of nitrogens with one attached hydrogen (secondary N) is 1. The van der Waals surface area contributed by atoms with Crippen LogP contribution in [-0.2, 0) is 0 Å². The van der Waals surface area contributed by atoms with Gasteiger partial charge in [-0.15, -0.1) is 0 Å². The molecule has 16 heavy (non-hydrogen) atoms. The first-order chi connectivity index (χ1) is 7.62. The van der Waals surface area contributed by atoms with Crippen molar-refractivity contribution in [2.24, 2.45) is 5.92 Å². The van der Waals surface area contributed by atoms with Gasteiger partial charge in [-0.2, -0.15) is 0 Å². The van der Waals surface area contributed by atoms with Crippen LogP contribution in [0.25, 0.3) is 0 Å². The van der Waals surface area contributed by atoms with E-state index < -0.39 is 0 Å². The van der Waals surface area contributed by atoms with E-state index in [-0.39, 0.29) is 0 Å². The number of nitrogens with zero attached hydrogens (tertiary/aromatic N) is 1. The maximum atomic E-state index is 3.71. The van der Waals surface area contributed by atoms with Crippen LogP contribution < -0.4 is 5.32 Å². The van der Waals surface area contributed by atoms with E-state index in [1.165, 1.54) is 45.2 Å². The Morgan fingerprint density at radius 1 is 1.31 bits per heavy atom. The SMILES string of the molecule is CCCC1CN(CC2CCC2)C(C)(C)CN1. The largest absolute Gasteiger partial charge is 0.311 e. The third kappa shape index (κ3) is 2.78. The molecule has 1 N–H and O–H groups in total. The number of piperazine rings is 1. The van der Waals surface area contributed by atoms with Crippen molar-refractivity contribution >= 4 is 0 Å². The van der Waals surface area contributed by atoms with Crippen molar-refractivity contribution in [2.45, 2.75) is 64.5 Å². The van der Waals surface area contributed by atoms with Crippen LogP contribution in [0, 0.1) is 5.92 Å². The Bertz CT molecular complexity index is 221. The maximum absolute atomic E-state index is 3.71.